The van der Waals surface area contributed by atoms with Crippen LogP contribution in [0, 0.1) is 0 Å². The van der Waals surface area contributed by atoms with E-state index < -0.39 is 35.8 Å². The van der Waals surface area contributed by atoms with E-state index in [2.05, 4.69) is 17.4 Å². The molecule has 18 heavy (non-hydrogen) atoms. The lowest BCUT2D eigenvalue weighted by molar-refractivity contribution is -0.192. The van der Waals surface area contributed by atoms with Crippen LogP contribution in [-0.4, -0.2) is 47.4 Å². The summed E-state index contributed by atoms with van der Waals surface area (Å²) >= 11 is 3.99. The number of halogens is 3. The minimum absolute atomic E-state index is 0.00650. The van der Waals surface area contributed by atoms with Gasteiger partial charge in [0.05, 0.1) is 13.0 Å². The number of rotatable bonds is 4. The standard InChI is InChI=1S/C10H14F3NO3S/c1-2-17-9(16)4-7(10(11,12)13)14-5-6(18)3-8(14)15/h6-7,18H,2-5H2,1H3. The zero-order valence-electron chi connectivity index (χ0n) is 9.74. The van der Waals surface area contributed by atoms with Crippen LogP contribution in [0.3, 0.4) is 0 Å². The first-order chi connectivity index (χ1) is 8.25. The maximum absolute atomic E-state index is 12.8. The molecule has 1 heterocycles. The van der Waals surface area contributed by atoms with Crippen molar-refractivity contribution in [1.82, 2.24) is 4.90 Å². The summed E-state index contributed by atoms with van der Waals surface area (Å²) in [6.07, 6.45) is -5.57. The normalized spacial score (nSPS) is 22.2. The Balaban J connectivity index is 2.79. The molecule has 0 radical (unpaired) electrons. The zero-order valence-corrected chi connectivity index (χ0v) is 10.6. The van der Waals surface area contributed by atoms with Crippen molar-refractivity contribution in [3.63, 3.8) is 0 Å². The van der Waals surface area contributed by atoms with Crippen LogP contribution in [0.5, 0.6) is 0 Å². The Morgan fingerprint density at radius 1 is 1.61 bits per heavy atom. The molecule has 0 aromatic rings. The topological polar surface area (TPSA) is 46.6 Å². The van der Waals surface area contributed by atoms with Gasteiger partial charge in [-0.2, -0.15) is 25.8 Å². The molecular weight excluding hydrogens is 271 g/mol. The number of ether oxygens (including phenoxy) is 1. The minimum atomic E-state index is -4.65. The van der Waals surface area contributed by atoms with Crippen LogP contribution in [-0.2, 0) is 14.3 Å². The maximum Gasteiger partial charge on any atom is 0.409 e. The van der Waals surface area contributed by atoms with E-state index in [4.69, 9.17) is 0 Å². The van der Waals surface area contributed by atoms with Crippen molar-refractivity contribution in [2.75, 3.05) is 13.2 Å². The van der Waals surface area contributed by atoms with Crippen molar-refractivity contribution >= 4 is 24.5 Å². The molecule has 1 rings (SSSR count). The fourth-order valence-corrected chi connectivity index (χ4v) is 2.13. The molecular formula is C10H14F3NO3S. The second kappa shape index (κ2) is 5.81. The van der Waals surface area contributed by atoms with Gasteiger partial charge in [-0.15, -0.1) is 0 Å². The summed E-state index contributed by atoms with van der Waals surface area (Å²) in [6, 6.07) is -2.12. The van der Waals surface area contributed by atoms with Crippen LogP contribution in [0.25, 0.3) is 0 Å². The van der Waals surface area contributed by atoms with Crippen molar-refractivity contribution < 1.29 is 27.5 Å². The Morgan fingerprint density at radius 2 is 2.22 bits per heavy atom. The van der Waals surface area contributed by atoms with Crippen LogP contribution in [0.1, 0.15) is 19.8 Å². The summed E-state index contributed by atoms with van der Waals surface area (Å²) in [4.78, 5) is 23.3. The minimum Gasteiger partial charge on any atom is -0.466 e. The van der Waals surface area contributed by atoms with Crippen LogP contribution < -0.4 is 0 Å². The lowest BCUT2D eigenvalue weighted by atomic mass is 10.1. The summed E-state index contributed by atoms with van der Waals surface area (Å²) in [5.74, 6) is -1.60. The van der Waals surface area contributed by atoms with Gasteiger partial charge < -0.3 is 9.64 Å². The highest BCUT2D eigenvalue weighted by Crippen LogP contribution is 2.31. The van der Waals surface area contributed by atoms with Gasteiger partial charge in [0.15, 0.2) is 0 Å². The smallest absolute Gasteiger partial charge is 0.409 e. The van der Waals surface area contributed by atoms with Crippen molar-refractivity contribution in [3.8, 4) is 0 Å². The number of hydrogen-bond acceptors (Lipinski definition) is 4. The third kappa shape index (κ3) is 3.79. The number of hydrogen-bond donors (Lipinski definition) is 1. The average molecular weight is 285 g/mol. The Labute approximate surface area is 108 Å². The van der Waals surface area contributed by atoms with Crippen LogP contribution in [0.15, 0.2) is 0 Å². The molecule has 0 aromatic heterocycles. The zero-order chi connectivity index (χ0) is 13.9. The molecule has 8 heteroatoms. The SMILES string of the molecule is CCOC(=O)CC(N1CC(S)CC1=O)C(F)(F)F. The van der Waals surface area contributed by atoms with Gasteiger partial charge in [-0.25, -0.2) is 0 Å². The number of esters is 1. The molecule has 0 N–H and O–H groups in total. The fourth-order valence-electron chi connectivity index (χ4n) is 1.79. The third-order valence-corrected chi connectivity index (χ3v) is 2.90. The molecule has 0 bridgehead atoms. The monoisotopic (exact) mass is 285 g/mol. The highest BCUT2D eigenvalue weighted by Gasteiger charge is 2.49. The Morgan fingerprint density at radius 3 is 2.61 bits per heavy atom. The molecule has 104 valence electrons. The predicted molar refractivity (Wildman–Crippen MR) is 60.2 cm³/mol. The Kier molecular flexibility index (Phi) is 4.89. The fraction of sp³-hybridized carbons (Fsp3) is 0.800. The highest BCUT2D eigenvalue weighted by molar-refractivity contribution is 7.81. The maximum atomic E-state index is 12.8. The molecule has 0 aliphatic carbocycles. The molecule has 0 aromatic carbocycles. The molecule has 0 spiro atoms. The third-order valence-electron chi connectivity index (χ3n) is 2.56. The number of thiol groups is 1. The lowest BCUT2D eigenvalue weighted by Gasteiger charge is -2.29. The van der Waals surface area contributed by atoms with E-state index in [0.717, 1.165) is 0 Å². The van der Waals surface area contributed by atoms with E-state index in [-0.39, 0.29) is 19.6 Å². The van der Waals surface area contributed by atoms with Crippen molar-refractivity contribution in [3.05, 3.63) is 0 Å². The Bertz CT molecular complexity index is 335. The van der Waals surface area contributed by atoms with Crippen LogP contribution in [0.4, 0.5) is 13.2 Å². The quantitative estimate of drug-likeness (QED) is 0.627. The van der Waals surface area contributed by atoms with E-state index in [1.165, 1.54) is 6.92 Å². The molecule has 1 aliphatic rings. The highest BCUT2D eigenvalue weighted by atomic mass is 32.1. The second-order valence-electron chi connectivity index (χ2n) is 3.97. The van der Waals surface area contributed by atoms with Gasteiger partial charge in [0, 0.05) is 18.2 Å². The number of likely N-dealkylation sites (tertiary alicyclic amines) is 1. The Hall–Kier alpha value is -0.920. The van der Waals surface area contributed by atoms with E-state index in [1.807, 2.05) is 0 Å². The van der Waals surface area contributed by atoms with Crippen LogP contribution >= 0.6 is 12.6 Å². The van der Waals surface area contributed by atoms with Gasteiger partial charge in [-0.1, -0.05) is 0 Å². The summed E-state index contributed by atoms with van der Waals surface area (Å²) in [5, 5.41) is -0.426. The van der Waals surface area contributed by atoms with Gasteiger partial charge in [0.2, 0.25) is 5.91 Å². The number of carbonyl (C=O) groups is 2. The summed E-state index contributed by atoms with van der Waals surface area (Å²) in [6.45, 7) is 1.41. The molecule has 2 atom stereocenters. The van der Waals surface area contributed by atoms with Gasteiger partial charge in [-0.05, 0) is 6.92 Å². The van der Waals surface area contributed by atoms with Crippen molar-refractivity contribution in [2.24, 2.45) is 0 Å². The predicted octanol–water partition coefficient (Wildman–Crippen LogP) is 1.40. The van der Waals surface area contributed by atoms with Gasteiger partial charge >= 0.3 is 12.1 Å². The number of nitrogens with zero attached hydrogens (tertiary/aromatic N) is 1. The largest absolute Gasteiger partial charge is 0.466 e. The first-order valence-electron chi connectivity index (χ1n) is 5.45. The average Bonchev–Trinajstić information content (AvgIpc) is 2.53. The lowest BCUT2D eigenvalue weighted by Crippen LogP contribution is -2.48. The van der Waals surface area contributed by atoms with E-state index in [9.17, 15) is 22.8 Å². The first-order valence-corrected chi connectivity index (χ1v) is 5.97. The molecule has 1 saturated heterocycles. The molecule has 0 saturated carbocycles. The molecule has 2 unspecified atom stereocenters. The van der Waals surface area contributed by atoms with Crippen molar-refractivity contribution in [2.45, 2.75) is 37.2 Å². The van der Waals surface area contributed by atoms with Gasteiger partial charge in [-0.3, -0.25) is 9.59 Å². The van der Waals surface area contributed by atoms with E-state index in [0.29, 0.717) is 4.90 Å². The number of alkyl halides is 3. The first kappa shape index (κ1) is 15.1. The van der Waals surface area contributed by atoms with Crippen molar-refractivity contribution in [1.29, 1.82) is 0 Å². The molecule has 1 fully saturated rings. The second-order valence-corrected chi connectivity index (χ2v) is 4.70. The van der Waals surface area contributed by atoms with Gasteiger partial charge in [0.25, 0.3) is 0 Å². The number of amides is 1. The van der Waals surface area contributed by atoms with Crippen LogP contribution in [0.2, 0.25) is 0 Å². The molecule has 1 aliphatic heterocycles. The summed E-state index contributed by atoms with van der Waals surface area (Å²) < 4.78 is 43.0. The molecule has 4 nitrogen and oxygen atoms in total. The summed E-state index contributed by atoms with van der Waals surface area (Å²) in [7, 11) is 0. The van der Waals surface area contributed by atoms with E-state index >= 15 is 0 Å². The summed E-state index contributed by atoms with van der Waals surface area (Å²) in [5.41, 5.74) is 0. The number of carbonyl (C=O) groups excluding carboxylic acids is 2. The molecule has 1 amide bonds. The van der Waals surface area contributed by atoms with E-state index in [1.54, 1.807) is 0 Å². The van der Waals surface area contributed by atoms with Gasteiger partial charge in [0.1, 0.15) is 6.04 Å².